The van der Waals surface area contributed by atoms with Crippen molar-refractivity contribution in [1.82, 2.24) is 4.98 Å². The molecule has 2 aromatic rings. The van der Waals surface area contributed by atoms with E-state index in [1.807, 2.05) is 18.2 Å². The van der Waals surface area contributed by atoms with E-state index in [1.165, 1.54) is 5.38 Å². The van der Waals surface area contributed by atoms with Gasteiger partial charge >= 0.3 is 11.9 Å². The Bertz CT molecular complexity index is 735. The molecule has 1 atom stereocenters. The number of carboxylic acid groups (broad SMARTS) is 2. The monoisotopic (exact) mass is 349 g/mol. The first kappa shape index (κ1) is 18.1. The van der Waals surface area contributed by atoms with Crippen LogP contribution in [0.3, 0.4) is 0 Å². The minimum Gasteiger partial charge on any atom is -0.479 e. The molecule has 24 heavy (non-hydrogen) atoms. The highest BCUT2D eigenvalue weighted by molar-refractivity contribution is 7.11. The van der Waals surface area contributed by atoms with Gasteiger partial charge in [-0.25, -0.2) is 14.6 Å². The van der Waals surface area contributed by atoms with Crippen molar-refractivity contribution in [2.45, 2.75) is 38.4 Å². The molecule has 0 aliphatic heterocycles. The Morgan fingerprint density at radius 1 is 1.17 bits per heavy atom. The van der Waals surface area contributed by atoms with E-state index >= 15 is 0 Å². The van der Waals surface area contributed by atoms with Crippen LogP contribution in [-0.4, -0.2) is 32.7 Å². The van der Waals surface area contributed by atoms with E-state index in [4.69, 9.17) is 9.84 Å². The number of carboxylic acids is 2. The highest BCUT2D eigenvalue weighted by Crippen LogP contribution is 2.35. The van der Waals surface area contributed by atoms with Gasteiger partial charge in [-0.2, -0.15) is 0 Å². The lowest BCUT2D eigenvalue weighted by atomic mass is 9.90. The number of aromatic nitrogens is 1. The molecule has 128 valence electrons. The molecule has 1 aromatic heterocycles. The van der Waals surface area contributed by atoms with Crippen molar-refractivity contribution < 1.29 is 24.5 Å². The third kappa shape index (κ3) is 3.98. The van der Waals surface area contributed by atoms with Crippen LogP contribution in [0.25, 0.3) is 0 Å². The lowest BCUT2D eigenvalue weighted by Crippen LogP contribution is -2.46. The molecule has 0 radical (unpaired) electrons. The van der Waals surface area contributed by atoms with E-state index in [9.17, 15) is 14.7 Å². The van der Waals surface area contributed by atoms with Gasteiger partial charge in [0, 0.05) is 11.8 Å². The van der Waals surface area contributed by atoms with Crippen molar-refractivity contribution in [2.75, 3.05) is 0 Å². The number of aliphatic carboxylic acids is 1. The largest absolute Gasteiger partial charge is 0.479 e. The Balaban J connectivity index is 2.56. The molecule has 0 bridgehead atoms. The van der Waals surface area contributed by atoms with Crippen LogP contribution in [0, 0.1) is 0 Å². The molecular weight excluding hydrogens is 330 g/mol. The maximum Gasteiger partial charge on any atom is 0.365 e. The number of hydrogen-bond donors (Lipinski definition) is 2. The first-order chi connectivity index (χ1) is 11.1. The van der Waals surface area contributed by atoms with E-state index in [-0.39, 0.29) is 17.1 Å². The van der Waals surface area contributed by atoms with Crippen molar-refractivity contribution in [1.29, 1.82) is 0 Å². The zero-order valence-corrected chi connectivity index (χ0v) is 14.5. The number of aromatic carboxylic acids is 1. The van der Waals surface area contributed by atoms with Crippen molar-refractivity contribution in [3.63, 3.8) is 0 Å². The highest BCUT2D eigenvalue weighted by Gasteiger charge is 2.47. The van der Waals surface area contributed by atoms with Crippen LogP contribution in [0.5, 0.6) is 0 Å². The van der Waals surface area contributed by atoms with Crippen LogP contribution in [0.2, 0.25) is 0 Å². The van der Waals surface area contributed by atoms with E-state index in [0.29, 0.717) is 0 Å². The smallest absolute Gasteiger partial charge is 0.365 e. The molecule has 0 aliphatic carbocycles. The molecule has 0 fully saturated rings. The molecule has 0 aliphatic rings. The Morgan fingerprint density at radius 3 is 2.25 bits per heavy atom. The average Bonchev–Trinajstić information content (AvgIpc) is 2.96. The molecule has 6 nitrogen and oxygen atoms in total. The summed E-state index contributed by atoms with van der Waals surface area (Å²) in [5, 5.41) is 20.3. The van der Waals surface area contributed by atoms with Gasteiger partial charge in [0.2, 0.25) is 10.6 Å². The predicted octanol–water partition coefficient (Wildman–Crippen LogP) is 3.18. The molecule has 1 heterocycles. The molecule has 0 saturated heterocycles. The van der Waals surface area contributed by atoms with Crippen molar-refractivity contribution in [3.8, 4) is 0 Å². The Hall–Kier alpha value is -2.25. The van der Waals surface area contributed by atoms with E-state index < -0.39 is 23.1 Å². The first-order valence-electron chi connectivity index (χ1n) is 7.31. The summed E-state index contributed by atoms with van der Waals surface area (Å²) in [6.07, 6.45) is 0.0449. The average molecular weight is 349 g/mol. The van der Waals surface area contributed by atoms with Gasteiger partial charge < -0.3 is 14.9 Å². The normalized spacial score (nSPS) is 14.1. The SMILES string of the molecule is CC(C)(C)OC(Cc1ccccc1)(C(=O)O)c1csc(C(=O)O)n1. The third-order valence-electron chi connectivity index (χ3n) is 3.22. The predicted molar refractivity (Wildman–Crippen MR) is 89.4 cm³/mol. The van der Waals surface area contributed by atoms with Gasteiger partial charge in [-0.3, -0.25) is 0 Å². The molecule has 0 saturated carbocycles. The van der Waals surface area contributed by atoms with E-state index in [1.54, 1.807) is 32.9 Å². The second kappa shape index (κ2) is 6.70. The molecule has 2 N–H and O–H groups in total. The van der Waals surface area contributed by atoms with Crippen molar-refractivity contribution in [3.05, 3.63) is 52.0 Å². The standard InChI is InChI=1S/C17H19NO5S/c1-16(2,3)23-17(15(21)22,9-11-7-5-4-6-8-11)12-10-24-13(18-12)14(19)20/h4-8,10H,9H2,1-3H3,(H,19,20)(H,21,22). The summed E-state index contributed by atoms with van der Waals surface area (Å²) in [4.78, 5) is 27.3. The van der Waals surface area contributed by atoms with Gasteiger partial charge in [-0.05, 0) is 26.3 Å². The van der Waals surface area contributed by atoms with Crippen LogP contribution in [0.1, 0.15) is 41.8 Å². The minimum absolute atomic E-state index is 0.0449. The third-order valence-corrected chi connectivity index (χ3v) is 4.05. The number of thiazole rings is 1. The van der Waals surface area contributed by atoms with Crippen LogP contribution in [0.15, 0.2) is 35.7 Å². The summed E-state index contributed by atoms with van der Waals surface area (Å²) in [6.45, 7) is 5.25. The summed E-state index contributed by atoms with van der Waals surface area (Å²) >= 11 is 0.885. The Labute approximate surface area is 143 Å². The van der Waals surface area contributed by atoms with Crippen molar-refractivity contribution >= 4 is 23.3 Å². The zero-order valence-electron chi connectivity index (χ0n) is 13.6. The van der Waals surface area contributed by atoms with Crippen LogP contribution in [0.4, 0.5) is 0 Å². The van der Waals surface area contributed by atoms with Gasteiger partial charge in [0.05, 0.1) is 11.3 Å². The van der Waals surface area contributed by atoms with Crippen LogP contribution >= 0.6 is 11.3 Å². The number of rotatable bonds is 6. The lowest BCUT2D eigenvalue weighted by Gasteiger charge is -2.35. The van der Waals surface area contributed by atoms with Gasteiger partial charge in [0.25, 0.3) is 0 Å². The molecular formula is C17H19NO5S. The minimum atomic E-state index is -1.76. The van der Waals surface area contributed by atoms with Gasteiger partial charge in [0.1, 0.15) is 0 Å². The number of ether oxygens (including phenoxy) is 1. The zero-order chi connectivity index (χ0) is 18.0. The molecule has 1 aromatic carbocycles. The van der Waals surface area contributed by atoms with Gasteiger partial charge in [0.15, 0.2) is 0 Å². The van der Waals surface area contributed by atoms with E-state index in [0.717, 1.165) is 16.9 Å². The van der Waals surface area contributed by atoms with Gasteiger partial charge in [-0.15, -0.1) is 11.3 Å². The molecule has 7 heteroatoms. The number of benzene rings is 1. The summed E-state index contributed by atoms with van der Waals surface area (Å²) in [7, 11) is 0. The second-order valence-corrected chi connectivity index (χ2v) is 7.21. The van der Waals surface area contributed by atoms with Crippen LogP contribution in [-0.2, 0) is 21.6 Å². The quantitative estimate of drug-likeness (QED) is 0.831. The fourth-order valence-corrected chi connectivity index (χ4v) is 3.09. The Morgan fingerprint density at radius 2 is 1.79 bits per heavy atom. The maximum absolute atomic E-state index is 12.2. The number of carbonyl (C=O) groups is 2. The number of hydrogen-bond acceptors (Lipinski definition) is 5. The molecule has 0 amide bonds. The summed E-state index contributed by atoms with van der Waals surface area (Å²) < 4.78 is 5.92. The van der Waals surface area contributed by atoms with Crippen molar-refractivity contribution in [2.24, 2.45) is 0 Å². The van der Waals surface area contributed by atoms with E-state index in [2.05, 4.69) is 4.98 Å². The molecule has 0 spiro atoms. The first-order valence-corrected chi connectivity index (χ1v) is 8.19. The Kier molecular flexibility index (Phi) is 5.05. The summed E-state index contributed by atoms with van der Waals surface area (Å²) in [5.41, 5.74) is -1.67. The number of nitrogens with zero attached hydrogens (tertiary/aromatic N) is 1. The topological polar surface area (TPSA) is 96.7 Å². The summed E-state index contributed by atoms with van der Waals surface area (Å²) in [5.74, 6) is -2.40. The van der Waals surface area contributed by atoms with Gasteiger partial charge in [-0.1, -0.05) is 30.3 Å². The maximum atomic E-state index is 12.2. The highest BCUT2D eigenvalue weighted by atomic mass is 32.1. The molecule has 2 rings (SSSR count). The summed E-state index contributed by atoms with van der Waals surface area (Å²) in [6, 6.07) is 9.05. The fraction of sp³-hybridized carbons (Fsp3) is 0.353. The van der Waals surface area contributed by atoms with Crippen LogP contribution < -0.4 is 0 Å². The fourth-order valence-electron chi connectivity index (χ4n) is 2.37. The molecule has 1 unspecified atom stereocenters. The lowest BCUT2D eigenvalue weighted by molar-refractivity contribution is -0.188. The second-order valence-electron chi connectivity index (χ2n) is 6.35.